The first-order valence-corrected chi connectivity index (χ1v) is 8.69. The Kier molecular flexibility index (Phi) is 6.31. The predicted octanol–water partition coefficient (Wildman–Crippen LogP) is 2.28. The molecule has 20 heavy (non-hydrogen) atoms. The summed E-state index contributed by atoms with van der Waals surface area (Å²) in [5.74, 6) is 2.46. The average molecular weight is 281 g/mol. The molecule has 3 unspecified atom stereocenters. The molecule has 2 heterocycles. The van der Waals surface area contributed by atoms with Crippen molar-refractivity contribution in [1.82, 2.24) is 15.1 Å². The van der Waals surface area contributed by atoms with Gasteiger partial charge in [0.2, 0.25) is 0 Å². The Morgan fingerprint density at radius 1 is 1.10 bits per heavy atom. The molecule has 0 amide bonds. The lowest BCUT2D eigenvalue weighted by atomic mass is 9.84. The highest BCUT2D eigenvalue weighted by Gasteiger charge is 2.34. The summed E-state index contributed by atoms with van der Waals surface area (Å²) in [6.45, 7) is 14.5. The largest absolute Gasteiger partial charge is 0.316 e. The molecule has 2 saturated heterocycles. The minimum absolute atomic E-state index is 0.760. The molecule has 0 spiro atoms. The van der Waals surface area contributed by atoms with E-state index < -0.39 is 0 Å². The molecule has 0 aliphatic carbocycles. The Morgan fingerprint density at radius 3 is 2.65 bits per heavy atom. The zero-order valence-electron chi connectivity index (χ0n) is 14.1. The molecule has 0 saturated carbocycles. The quantitative estimate of drug-likeness (QED) is 0.806. The lowest BCUT2D eigenvalue weighted by Crippen LogP contribution is -2.53. The molecule has 118 valence electrons. The van der Waals surface area contributed by atoms with Crippen LogP contribution in [0.25, 0.3) is 0 Å². The molecule has 0 radical (unpaired) electrons. The Bertz CT molecular complexity index is 279. The van der Waals surface area contributed by atoms with E-state index in [9.17, 15) is 0 Å². The van der Waals surface area contributed by atoms with Crippen molar-refractivity contribution in [3.05, 3.63) is 0 Å². The molecule has 3 nitrogen and oxygen atoms in total. The number of nitrogens with zero attached hydrogens (tertiary/aromatic N) is 2. The van der Waals surface area contributed by atoms with Crippen LogP contribution in [0.2, 0.25) is 0 Å². The third kappa shape index (κ3) is 4.71. The molecular weight excluding hydrogens is 246 g/mol. The standard InChI is InChI=1S/C17H35N3/c1-14(2)10-18-11-15(3)12-20-9-7-17-16(13-20)6-5-8-19(17)4/h14-18H,5-13H2,1-4H3. The predicted molar refractivity (Wildman–Crippen MR) is 87.1 cm³/mol. The zero-order chi connectivity index (χ0) is 14.5. The molecule has 2 fully saturated rings. The van der Waals surface area contributed by atoms with E-state index in [1.54, 1.807) is 0 Å². The second kappa shape index (κ2) is 7.77. The van der Waals surface area contributed by atoms with Gasteiger partial charge in [0.1, 0.15) is 0 Å². The zero-order valence-corrected chi connectivity index (χ0v) is 14.1. The smallest absolute Gasteiger partial charge is 0.0145 e. The number of likely N-dealkylation sites (tertiary alicyclic amines) is 2. The molecule has 3 heteroatoms. The second-order valence-electron chi connectivity index (χ2n) is 7.66. The maximum absolute atomic E-state index is 3.60. The van der Waals surface area contributed by atoms with Crippen LogP contribution in [0.15, 0.2) is 0 Å². The first-order chi connectivity index (χ1) is 9.56. The number of rotatable bonds is 6. The van der Waals surface area contributed by atoms with Gasteiger partial charge in [-0.2, -0.15) is 0 Å². The van der Waals surface area contributed by atoms with E-state index in [1.807, 2.05) is 0 Å². The molecular formula is C17H35N3. The first-order valence-electron chi connectivity index (χ1n) is 8.69. The van der Waals surface area contributed by atoms with Crippen LogP contribution in [0.3, 0.4) is 0 Å². The Balaban J connectivity index is 1.69. The van der Waals surface area contributed by atoms with Gasteiger partial charge in [-0.3, -0.25) is 0 Å². The van der Waals surface area contributed by atoms with E-state index in [0.717, 1.165) is 30.3 Å². The number of nitrogens with one attached hydrogen (secondary N) is 1. The minimum atomic E-state index is 0.760. The SMILES string of the molecule is CC(C)CNCC(C)CN1CCC2C(CCCN2C)C1. The van der Waals surface area contributed by atoms with E-state index in [1.165, 1.54) is 52.0 Å². The average Bonchev–Trinajstić information content (AvgIpc) is 2.38. The summed E-state index contributed by atoms with van der Waals surface area (Å²) < 4.78 is 0. The highest BCUT2D eigenvalue weighted by Crippen LogP contribution is 2.29. The summed E-state index contributed by atoms with van der Waals surface area (Å²) in [5, 5.41) is 3.60. The van der Waals surface area contributed by atoms with E-state index in [4.69, 9.17) is 0 Å². The Morgan fingerprint density at radius 2 is 1.90 bits per heavy atom. The Hall–Kier alpha value is -0.120. The van der Waals surface area contributed by atoms with Crippen molar-refractivity contribution in [1.29, 1.82) is 0 Å². The van der Waals surface area contributed by atoms with Crippen molar-refractivity contribution >= 4 is 0 Å². The van der Waals surface area contributed by atoms with Gasteiger partial charge in [-0.05, 0) is 70.2 Å². The van der Waals surface area contributed by atoms with Gasteiger partial charge in [0.25, 0.3) is 0 Å². The van der Waals surface area contributed by atoms with Crippen LogP contribution in [-0.2, 0) is 0 Å². The molecule has 2 aliphatic rings. The number of piperidine rings is 2. The van der Waals surface area contributed by atoms with Crippen LogP contribution in [0.1, 0.15) is 40.0 Å². The van der Waals surface area contributed by atoms with Gasteiger partial charge in [0, 0.05) is 19.1 Å². The maximum Gasteiger partial charge on any atom is 0.0145 e. The van der Waals surface area contributed by atoms with Gasteiger partial charge < -0.3 is 15.1 Å². The summed E-state index contributed by atoms with van der Waals surface area (Å²) in [6.07, 6.45) is 4.23. The molecule has 3 atom stereocenters. The molecule has 2 rings (SSSR count). The van der Waals surface area contributed by atoms with Crippen LogP contribution in [-0.4, -0.2) is 62.2 Å². The van der Waals surface area contributed by atoms with Gasteiger partial charge in [0.05, 0.1) is 0 Å². The maximum atomic E-state index is 3.60. The summed E-state index contributed by atoms with van der Waals surface area (Å²) in [6, 6.07) is 0.870. The normalized spacial score (nSPS) is 30.4. The van der Waals surface area contributed by atoms with Gasteiger partial charge in [-0.25, -0.2) is 0 Å². The van der Waals surface area contributed by atoms with Gasteiger partial charge in [-0.1, -0.05) is 20.8 Å². The van der Waals surface area contributed by atoms with Crippen molar-refractivity contribution in [2.45, 2.75) is 46.1 Å². The van der Waals surface area contributed by atoms with E-state index >= 15 is 0 Å². The molecule has 2 aliphatic heterocycles. The topological polar surface area (TPSA) is 18.5 Å². The van der Waals surface area contributed by atoms with Crippen molar-refractivity contribution in [2.75, 3.05) is 46.3 Å². The fourth-order valence-electron chi connectivity index (χ4n) is 4.02. The van der Waals surface area contributed by atoms with Crippen LogP contribution < -0.4 is 5.32 Å². The third-order valence-corrected chi connectivity index (χ3v) is 5.05. The monoisotopic (exact) mass is 281 g/mol. The third-order valence-electron chi connectivity index (χ3n) is 5.05. The van der Waals surface area contributed by atoms with E-state index in [2.05, 4.69) is 42.9 Å². The molecule has 0 aromatic rings. The summed E-state index contributed by atoms with van der Waals surface area (Å²) in [7, 11) is 2.32. The summed E-state index contributed by atoms with van der Waals surface area (Å²) in [4.78, 5) is 5.33. The van der Waals surface area contributed by atoms with Crippen molar-refractivity contribution in [3.63, 3.8) is 0 Å². The van der Waals surface area contributed by atoms with Crippen molar-refractivity contribution in [3.8, 4) is 0 Å². The van der Waals surface area contributed by atoms with E-state index in [-0.39, 0.29) is 0 Å². The fraction of sp³-hybridized carbons (Fsp3) is 1.00. The van der Waals surface area contributed by atoms with Crippen molar-refractivity contribution in [2.24, 2.45) is 17.8 Å². The number of hydrogen-bond donors (Lipinski definition) is 1. The van der Waals surface area contributed by atoms with Crippen LogP contribution in [0, 0.1) is 17.8 Å². The van der Waals surface area contributed by atoms with Gasteiger partial charge in [0.15, 0.2) is 0 Å². The molecule has 0 bridgehead atoms. The molecule has 0 aromatic carbocycles. The molecule has 0 aromatic heterocycles. The number of fused-ring (bicyclic) bond motifs is 1. The fourth-order valence-corrected chi connectivity index (χ4v) is 4.02. The number of hydrogen-bond acceptors (Lipinski definition) is 3. The lowest BCUT2D eigenvalue weighted by molar-refractivity contribution is 0.0334. The van der Waals surface area contributed by atoms with E-state index in [0.29, 0.717) is 0 Å². The molecule has 1 N–H and O–H groups in total. The van der Waals surface area contributed by atoms with Gasteiger partial charge in [-0.15, -0.1) is 0 Å². The van der Waals surface area contributed by atoms with Gasteiger partial charge >= 0.3 is 0 Å². The van der Waals surface area contributed by atoms with Crippen molar-refractivity contribution < 1.29 is 0 Å². The summed E-state index contributed by atoms with van der Waals surface area (Å²) in [5.41, 5.74) is 0. The highest BCUT2D eigenvalue weighted by molar-refractivity contribution is 4.89. The second-order valence-corrected chi connectivity index (χ2v) is 7.66. The van der Waals surface area contributed by atoms with Crippen LogP contribution in [0.5, 0.6) is 0 Å². The van der Waals surface area contributed by atoms with Crippen LogP contribution >= 0.6 is 0 Å². The Labute approximate surface area is 126 Å². The summed E-state index contributed by atoms with van der Waals surface area (Å²) >= 11 is 0. The minimum Gasteiger partial charge on any atom is -0.316 e. The lowest BCUT2D eigenvalue weighted by Gasteiger charge is -2.46. The first kappa shape index (κ1) is 16.3. The van der Waals surface area contributed by atoms with Crippen LogP contribution in [0.4, 0.5) is 0 Å². The highest BCUT2D eigenvalue weighted by atomic mass is 15.2.